The maximum absolute atomic E-state index is 10.7. The van der Waals surface area contributed by atoms with Crippen molar-refractivity contribution in [2.75, 3.05) is 7.05 Å². The van der Waals surface area contributed by atoms with Gasteiger partial charge in [-0.05, 0) is 141 Å². The van der Waals surface area contributed by atoms with E-state index in [1.54, 1.807) is 11.9 Å². The first kappa shape index (κ1) is 38.4. The van der Waals surface area contributed by atoms with Crippen molar-refractivity contribution < 1.29 is 4.79 Å². The molecule has 3 heteroatoms. The summed E-state index contributed by atoms with van der Waals surface area (Å²) in [5.74, 6) is 5.00. The van der Waals surface area contributed by atoms with Crippen LogP contribution in [0.3, 0.4) is 0 Å². The Morgan fingerprint density at radius 2 is 1.56 bits per heavy atom. The molecule has 0 bridgehead atoms. The van der Waals surface area contributed by atoms with Crippen molar-refractivity contribution in [2.24, 2.45) is 40.4 Å². The summed E-state index contributed by atoms with van der Waals surface area (Å²) >= 11 is 1.68. The highest BCUT2D eigenvalue weighted by molar-refractivity contribution is 7.97. The van der Waals surface area contributed by atoms with Gasteiger partial charge in [-0.3, -0.25) is 4.72 Å². The van der Waals surface area contributed by atoms with Crippen molar-refractivity contribution in [2.45, 2.75) is 169 Å². The predicted molar refractivity (Wildman–Crippen MR) is 192 cm³/mol. The number of rotatable bonds is 7. The standard InChI is InChI=1S/C23H38O.C11H17NS.C4H10.C2H6/c1-22-14-5-3-7-17(22)9-11-19-20-12-10-18(8-4-6-16-24)23(20,2)15-13-21(19)22;1-11(2,3)9-7-5-6-8-10(9)13-12-4;1-3-4-2;1-2/h16-21H,3-15H2,1-2H3;5-8,12H,1-4H3;3-4H2,1-2H3;1-2H3. The second kappa shape index (κ2) is 18.4. The fourth-order valence-electron chi connectivity index (χ4n) is 9.61. The van der Waals surface area contributed by atoms with Crippen LogP contribution in [0.4, 0.5) is 0 Å². The van der Waals surface area contributed by atoms with Crippen molar-refractivity contribution in [3.05, 3.63) is 29.8 Å². The van der Waals surface area contributed by atoms with Gasteiger partial charge in [0, 0.05) is 11.3 Å². The molecule has 1 aromatic carbocycles. The molecule has 7 unspecified atom stereocenters. The van der Waals surface area contributed by atoms with Crippen LogP contribution in [0.25, 0.3) is 0 Å². The molecule has 4 aliphatic rings. The molecule has 1 N–H and O–H groups in total. The smallest absolute Gasteiger partial charge is 0.119 e. The largest absolute Gasteiger partial charge is 0.303 e. The van der Waals surface area contributed by atoms with E-state index in [1.807, 2.05) is 20.9 Å². The van der Waals surface area contributed by atoms with Gasteiger partial charge in [-0.2, -0.15) is 0 Å². The monoisotopic (exact) mass is 614 g/mol. The van der Waals surface area contributed by atoms with Gasteiger partial charge in [-0.15, -0.1) is 0 Å². The lowest BCUT2D eigenvalue weighted by Crippen LogP contribution is -2.52. The highest BCUT2D eigenvalue weighted by Gasteiger charge is 2.59. The number of carbonyl (C=O) groups excluding carboxylic acids is 1. The first-order valence-corrected chi connectivity index (χ1v) is 19.2. The zero-order valence-electron chi connectivity index (χ0n) is 30.2. The minimum Gasteiger partial charge on any atom is -0.303 e. The van der Waals surface area contributed by atoms with Crippen LogP contribution in [-0.2, 0) is 10.2 Å². The Morgan fingerprint density at radius 3 is 2.19 bits per heavy atom. The van der Waals surface area contributed by atoms with E-state index in [9.17, 15) is 4.79 Å². The molecule has 0 aliphatic heterocycles. The van der Waals surface area contributed by atoms with Gasteiger partial charge in [0.1, 0.15) is 6.29 Å². The molecule has 0 saturated heterocycles. The third kappa shape index (κ3) is 9.60. The van der Waals surface area contributed by atoms with Gasteiger partial charge in [0.2, 0.25) is 0 Å². The summed E-state index contributed by atoms with van der Waals surface area (Å²) in [6, 6.07) is 8.52. The number of hydrogen-bond donors (Lipinski definition) is 1. The van der Waals surface area contributed by atoms with Crippen LogP contribution < -0.4 is 4.72 Å². The molecule has 0 aromatic heterocycles. The maximum atomic E-state index is 10.7. The third-order valence-corrected chi connectivity index (χ3v) is 12.8. The lowest BCUT2D eigenvalue weighted by molar-refractivity contribution is -0.112. The second-order valence-corrected chi connectivity index (χ2v) is 16.4. The van der Waals surface area contributed by atoms with E-state index in [0.717, 1.165) is 48.7 Å². The number of hydrogen-bond acceptors (Lipinski definition) is 3. The zero-order valence-corrected chi connectivity index (χ0v) is 31.0. The molecule has 4 aliphatic carbocycles. The molecular weight excluding hydrogens is 543 g/mol. The Labute approximate surface area is 273 Å². The first-order chi connectivity index (χ1) is 20.6. The lowest BCUT2D eigenvalue weighted by atomic mass is 9.45. The number of carbonyl (C=O) groups is 1. The van der Waals surface area contributed by atoms with Crippen molar-refractivity contribution in [3.63, 3.8) is 0 Å². The number of aldehydes is 1. The van der Waals surface area contributed by atoms with E-state index in [-0.39, 0.29) is 5.41 Å². The first-order valence-electron chi connectivity index (χ1n) is 18.4. The summed E-state index contributed by atoms with van der Waals surface area (Å²) in [4.78, 5) is 12.0. The van der Waals surface area contributed by atoms with E-state index < -0.39 is 0 Å². The van der Waals surface area contributed by atoms with Gasteiger partial charge >= 0.3 is 0 Å². The summed E-state index contributed by atoms with van der Waals surface area (Å²) < 4.78 is 3.11. The fraction of sp³-hybridized carbons (Fsp3) is 0.825. The number of unbranched alkanes of at least 4 members (excludes halogenated alkanes) is 2. The van der Waals surface area contributed by atoms with Gasteiger partial charge in [-0.1, -0.05) is 106 Å². The SMILES string of the molecule is CC.CC12CCCCC1CCC1C2CCC2(C)C(CCCC=O)CCC12.CCCC.CNSc1ccccc1C(C)(C)C. The molecule has 2 nitrogen and oxygen atoms in total. The Bertz CT molecular complexity index is 921. The van der Waals surface area contributed by atoms with Crippen LogP contribution in [0.2, 0.25) is 0 Å². The predicted octanol–water partition coefficient (Wildman–Crippen LogP) is 12.4. The molecule has 0 heterocycles. The van der Waals surface area contributed by atoms with Crippen LogP contribution in [0.15, 0.2) is 29.2 Å². The summed E-state index contributed by atoms with van der Waals surface area (Å²) in [7, 11) is 1.95. The Hall–Kier alpha value is -0.800. The minimum atomic E-state index is 0.223. The summed E-state index contributed by atoms with van der Waals surface area (Å²) in [5.41, 5.74) is 2.90. The molecule has 1 aromatic rings. The van der Waals surface area contributed by atoms with Gasteiger partial charge in [0.05, 0.1) is 0 Å². The molecule has 4 saturated carbocycles. The quantitative estimate of drug-likeness (QED) is 0.188. The second-order valence-electron chi connectivity index (χ2n) is 15.4. The Kier molecular flexibility index (Phi) is 16.4. The molecule has 4 fully saturated rings. The molecule has 5 rings (SSSR count). The van der Waals surface area contributed by atoms with E-state index >= 15 is 0 Å². The average Bonchev–Trinajstić information content (AvgIpc) is 3.34. The maximum Gasteiger partial charge on any atom is 0.119 e. The average molecular weight is 614 g/mol. The number of nitrogens with one attached hydrogen (secondary N) is 1. The van der Waals surface area contributed by atoms with Gasteiger partial charge in [0.15, 0.2) is 0 Å². The molecule has 7 atom stereocenters. The Balaban J connectivity index is 0.000000287. The van der Waals surface area contributed by atoms with Crippen LogP contribution in [0.5, 0.6) is 0 Å². The van der Waals surface area contributed by atoms with Crippen molar-refractivity contribution in [1.82, 2.24) is 4.72 Å². The normalized spacial score (nSPS) is 32.7. The molecule has 0 spiro atoms. The zero-order chi connectivity index (χ0) is 32.1. The molecule has 0 radical (unpaired) electrons. The third-order valence-electron chi connectivity index (χ3n) is 12.1. The topological polar surface area (TPSA) is 29.1 Å². The van der Waals surface area contributed by atoms with Crippen LogP contribution in [0, 0.1) is 40.4 Å². The van der Waals surface area contributed by atoms with E-state index in [4.69, 9.17) is 0 Å². The van der Waals surface area contributed by atoms with E-state index in [0.29, 0.717) is 10.8 Å². The number of fused-ring (bicyclic) bond motifs is 5. The molecule has 248 valence electrons. The summed E-state index contributed by atoms with van der Waals surface area (Å²) in [5, 5.41) is 0. The van der Waals surface area contributed by atoms with Gasteiger partial charge in [-0.25, -0.2) is 0 Å². The molecule has 43 heavy (non-hydrogen) atoms. The highest BCUT2D eigenvalue weighted by Crippen LogP contribution is 2.67. The lowest BCUT2D eigenvalue weighted by Gasteiger charge is -2.60. The Morgan fingerprint density at radius 1 is 0.884 bits per heavy atom. The van der Waals surface area contributed by atoms with Crippen molar-refractivity contribution in [3.8, 4) is 0 Å². The van der Waals surface area contributed by atoms with Crippen molar-refractivity contribution in [1.29, 1.82) is 0 Å². The van der Waals surface area contributed by atoms with E-state index in [2.05, 4.69) is 77.5 Å². The molecule has 0 amide bonds. The van der Waals surface area contributed by atoms with Crippen LogP contribution >= 0.6 is 11.9 Å². The fourth-order valence-corrected chi connectivity index (χ4v) is 10.5. The van der Waals surface area contributed by atoms with Crippen LogP contribution in [0.1, 0.15) is 164 Å². The highest BCUT2D eigenvalue weighted by atomic mass is 32.2. The number of benzene rings is 1. The van der Waals surface area contributed by atoms with Crippen LogP contribution in [-0.4, -0.2) is 13.3 Å². The van der Waals surface area contributed by atoms with E-state index in [1.165, 1.54) is 93.9 Å². The summed E-state index contributed by atoms with van der Waals surface area (Å²) in [6.45, 7) is 20.4. The van der Waals surface area contributed by atoms with Gasteiger partial charge in [0.25, 0.3) is 0 Å². The minimum absolute atomic E-state index is 0.223. The summed E-state index contributed by atoms with van der Waals surface area (Å²) in [6.07, 6.45) is 22.0. The van der Waals surface area contributed by atoms with Crippen molar-refractivity contribution >= 4 is 18.2 Å². The molecular formula is C40H71NOS. The van der Waals surface area contributed by atoms with Gasteiger partial charge < -0.3 is 4.79 Å².